The van der Waals surface area contributed by atoms with Crippen LogP contribution in [0.1, 0.15) is 52.9 Å². The van der Waals surface area contributed by atoms with E-state index in [4.69, 9.17) is 4.98 Å². The fourth-order valence-electron chi connectivity index (χ4n) is 2.93. The van der Waals surface area contributed by atoms with Crippen LogP contribution in [0.5, 0.6) is 0 Å². The maximum Gasteiger partial charge on any atom is 0.273 e. The second kappa shape index (κ2) is 5.40. The number of hydrogen-bond donors (Lipinski definition) is 0. The molecule has 4 nitrogen and oxygen atoms in total. The smallest absolute Gasteiger partial charge is 0.273 e. The normalized spacial score (nSPS) is 12.9. The van der Waals surface area contributed by atoms with Crippen molar-refractivity contribution in [3.63, 3.8) is 0 Å². The molecular formula is C20H25N3O. The van der Waals surface area contributed by atoms with Gasteiger partial charge in [-0.1, -0.05) is 41.5 Å². The lowest BCUT2D eigenvalue weighted by molar-refractivity contribution is 0.404. The molecule has 0 bridgehead atoms. The van der Waals surface area contributed by atoms with Crippen LogP contribution in [0.25, 0.3) is 16.6 Å². The van der Waals surface area contributed by atoms with Crippen molar-refractivity contribution in [3.05, 3.63) is 52.2 Å². The van der Waals surface area contributed by atoms with E-state index in [1.807, 2.05) is 28.8 Å². The van der Waals surface area contributed by atoms with E-state index in [-0.39, 0.29) is 16.4 Å². The summed E-state index contributed by atoms with van der Waals surface area (Å²) in [7, 11) is 0. The monoisotopic (exact) mass is 323 g/mol. The molecule has 3 aromatic rings. The van der Waals surface area contributed by atoms with Gasteiger partial charge in [-0.15, -0.1) is 0 Å². The van der Waals surface area contributed by atoms with Crippen molar-refractivity contribution >= 4 is 16.6 Å². The summed E-state index contributed by atoms with van der Waals surface area (Å²) in [5.41, 5.74) is 3.47. The molecule has 0 saturated carbocycles. The maximum absolute atomic E-state index is 12.1. The van der Waals surface area contributed by atoms with Crippen molar-refractivity contribution < 1.29 is 0 Å². The van der Waals surface area contributed by atoms with E-state index in [1.54, 1.807) is 6.07 Å². The third-order valence-corrected chi connectivity index (χ3v) is 4.07. The lowest BCUT2D eigenvalue weighted by atomic mass is 9.90. The van der Waals surface area contributed by atoms with Crippen LogP contribution in [-0.4, -0.2) is 14.4 Å². The minimum absolute atomic E-state index is 0.0124. The Morgan fingerprint density at radius 1 is 1.00 bits per heavy atom. The van der Waals surface area contributed by atoms with E-state index in [2.05, 4.69) is 46.5 Å². The van der Waals surface area contributed by atoms with Gasteiger partial charge in [0.05, 0.1) is 5.52 Å². The quantitative estimate of drug-likeness (QED) is 0.633. The van der Waals surface area contributed by atoms with E-state index in [0.717, 1.165) is 28.7 Å². The largest absolute Gasteiger partial charge is 0.305 e. The van der Waals surface area contributed by atoms with Gasteiger partial charge in [-0.25, -0.2) is 0 Å². The molecule has 3 rings (SSSR count). The highest BCUT2D eigenvalue weighted by atomic mass is 16.1. The van der Waals surface area contributed by atoms with Crippen LogP contribution in [0.2, 0.25) is 0 Å². The summed E-state index contributed by atoms with van der Waals surface area (Å²) in [6.45, 7) is 12.9. The van der Waals surface area contributed by atoms with Gasteiger partial charge in [0.2, 0.25) is 0 Å². The van der Waals surface area contributed by atoms with Crippen molar-refractivity contribution in [1.82, 2.24) is 14.4 Å². The van der Waals surface area contributed by atoms with Gasteiger partial charge in [0.15, 0.2) is 5.65 Å². The van der Waals surface area contributed by atoms with Gasteiger partial charge in [-0.3, -0.25) is 9.78 Å². The molecule has 0 aromatic carbocycles. The summed E-state index contributed by atoms with van der Waals surface area (Å²) < 4.78 is 2.02. The average Bonchev–Trinajstić information content (AvgIpc) is 2.43. The topological polar surface area (TPSA) is 47.3 Å². The number of aromatic nitrogens is 3. The number of rotatable bonds is 1. The fourth-order valence-corrected chi connectivity index (χ4v) is 2.93. The van der Waals surface area contributed by atoms with Crippen LogP contribution in [0.3, 0.4) is 0 Å². The molecule has 0 aliphatic heterocycles. The maximum atomic E-state index is 12.1. The highest BCUT2D eigenvalue weighted by Crippen LogP contribution is 2.26. The molecule has 0 atom stereocenters. The van der Waals surface area contributed by atoms with Gasteiger partial charge in [0.1, 0.15) is 0 Å². The van der Waals surface area contributed by atoms with Gasteiger partial charge in [-0.05, 0) is 30.0 Å². The van der Waals surface area contributed by atoms with Crippen LogP contribution in [0.15, 0.2) is 35.3 Å². The van der Waals surface area contributed by atoms with Gasteiger partial charge in [0.25, 0.3) is 5.56 Å². The van der Waals surface area contributed by atoms with Crippen molar-refractivity contribution in [2.24, 2.45) is 5.41 Å². The molecular weight excluding hydrogens is 298 g/mol. The summed E-state index contributed by atoms with van der Waals surface area (Å²) in [5, 5.41) is 0.915. The van der Waals surface area contributed by atoms with Crippen LogP contribution in [0.4, 0.5) is 0 Å². The zero-order valence-corrected chi connectivity index (χ0v) is 15.3. The molecule has 0 amide bonds. The molecule has 0 aliphatic rings. The van der Waals surface area contributed by atoms with Gasteiger partial charge in [0, 0.05) is 34.5 Å². The Kier molecular flexibility index (Phi) is 3.74. The first kappa shape index (κ1) is 16.6. The molecule has 3 aromatic heterocycles. The van der Waals surface area contributed by atoms with Crippen LogP contribution < -0.4 is 5.56 Å². The van der Waals surface area contributed by atoms with E-state index in [1.165, 1.54) is 0 Å². The Balaban J connectivity index is 2.30. The second-order valence-corrected chi connectivity index (χ2v) is 8.71. The first-order chi connectivity index (χ1) is 11.0. The second-order valence-electron chi connectivity index (χ2n) is 8.71. The Morgan fingerprint density at radius 2 is 1.71 bits per heavy atom. The van der Waals surface area contributed by atoms with Crippen molar-refractivity contribution in [3.8, 4) is 0 Å². The van der Waals surface area contributed by atoms with Crippen LogP contribution >= 0.6 is 0 Å². The van der Waals surface area contributed by atoms with Gasteiger partial charge < -0.3 is 4.40 Å². The SMILES string of the molecule is CC(C)(C)Cc1cc(=O)nc2c3ccc(C(C)(C)C)nc3ccn12. The minimum Gasteiger partial charge on any atom is -0.305 e. The summed E-state index contributed by atoms with van der Waals surface area (Å²) in [6, 6.07) is 7.72. The molecule has 24 heavy (non-hydrogen) atoms. The predicted molar refractivity (Wildman–Crippen MR) is 98.6 cm³/mol. The number of fused-ring (bicyclic) bond motifs is 3. The van der Waals surface area contributed by atoms with E-state index < -0.39 is 0 Å². The molecule has 3 heterocycles. The molecule has 4 heteroatoms. The summed E-state index contributed by atoms with van der Waals surface area (Å²) in [5.74, 6) is 0. The Bertz CT molecular complexity index is 972. The Labute approximate surface area is 142 Å². The highest BCUT2D eigenvalue weighted by Gasteiger charge is 2.18. The summed E-state index contributed by atoms with van der Waals surface area (Å²) in [4.78, 5) is 21.1. The Morgan fingerprint density at radius 3 is 2.33 bits per heavy atom. The van der Waals surface area contributed by atoms with Crippen LogP contribution in [-0.2, 0) is 11.8 Å². The molecule has 126 valence electrons. The highest BCUT2D eigenvalue weighted by molar-refractivity contribution is 5.91. The predicted octanol–water partition coefficient (Wildman–Crippen LogP) is 4.13. The van der Waals surface area contributed by atoms with Crippen molar-refractivity contribution in [1.29, 1.82) is 0 Å². The Hall–Kier alpha value is -2.23. The summed E-state index contributed by atoms with van der Waals surface area (Å²) >= 11 is 0. The standard InChI is InChI=1S/C20H25N3O/c1-19(2,3)12-13-11-17(24)22-18-14-7-8-16(20(4,5)6)21-15(14)9-10-23(13)18/h7-11H,12H2,1-6H3. The van der Waals surface area contributed by atoms with E-state index in [9.17, 15) is 4.79 Å². The third-order valence-electron chi connectivity index (χ3n) is 4.07. The molecule has 0 saturated heterocycles. The average molecular weight is 323 g/mol. The van der Waals surface area contributed by atoms with Gasteiger partial charge >= 0.3 is 0 Å². The molecule has 0 radical (unpaired) electrons. The zero-order chi connectivity index (χ0) is 17.7. The molecule has 0 aliphatic carbocycles. The first-order valence-electron chi connectivity index (χ1n) is 8.37. The van der Waals surface area contributed by atoms with E-state index in [0.29, 0.717) is 5.65 Å². The fraction of sp³-hybridized carbons (Fsp3) is 0.450. The molecule has 0 spiro atoms. The summed E-state index contributed by atoms with van der Waals surface area (Å²) in [6.07, 6.45) is 2.79. The van der Waals surface area contributed by atoms with Crippen molar-refractivity contribution in [2.45, 2.75) is 53.4 Å². The zero-order valence-electron chi connectivity index (χ0n) is 15.3. The molecule has 0 unspecified atom stereocenters. The van der Waals surface area contributed by atoms with Crippen LogP contribution in [0, 0.1) is 5.41 Å². The number of hydrogen-bond acceptors (Lipinski definition) is 3. The molecule has 0 fully saturated rings. The lowest BCUT2D eigenvalue weighted by Gasteiger charge is -2.21. The molecule has 0 N–H and O–H groups in total. The van der Waals surface area contributed by atoms with Crippen molar-refractivity contribution in [2.75, 3.05) is 0 Å². The third kappa shape index (κ3) is 3.18. The minimum atomic E-state index is -0.193. The van der Waals surface area contributed by atoms with E-state index >= 15 is 0 Å². The number of pyridine rings is 2. The first-order valence-corrected chi connectivity index (χ1v) is 8.37. The van der Waals surface area contributed by atoms with Gasteiger partial charge in [-0.2, -0.15) is 4.98 Å². The lowest BCUT2D eigenvalue weighted by Crippen LogP contribution is -2.18. The number of nitrogens with zero attached hydrogens (tertiary/aromatic N) is 3.